The second-order valence-corrected chi connectivity index (χ2v) is 3.59. The van der Waals surface area contributed by atoms with Crippen molar-refractivity contribution in [3.8, 4) is 12.3 Å². The third-order valence-electron chi connectivity index (χ3n) is 2.48. The molecular weight excluding hydrogens is 172 g/mol. The van der Waals surface area contributed by atoms with Gasteiger partial charge in [0.05, 0.1) is 0 Å². The lowest BCUT2D eigenvalue weighted by molar-refractivity contribution is 0.349. The SMILES string of the molecule is C#C[C@@]1(c2ccccc2)OC1C(=C)C. The molecule has 14 heavy (non-hydrogen) atoms. The number of ether oxygens (including phenoxy) is 1. The van der Waals surface area contributed by atoms with Gasteiger partial charge in [-0.15, -0.1) is 6.42 Å². The van der Waals surface area contributed by atoms with Crippen LogP contribution in [-0.4, -0.2) is 6.10 Å². The van der Waals surface area contributed by atoms with Crippen molar-refractivity contribution in [2.45, 2.75) is 18.6 Å². The Hall–Kier alpha value is -1.52. The molecule has 1 unspecified atom stereocenters. The number of terminal acetylenes is 1. The summed E-state index contributed by atoms with van der Waals surface area (Å²) in [5, 5.41) is 0. The highest BCUT2D eigenvalue weighted by Gasteiger charge is 2.57. The molecule has 1 aromatic rings. The summed E-state index contributed by atoms with van der Waals surface area (Å²) in [6.07, 6.45) is 5.49. The second kappa shape index (κ2) is 3.01. The Kier molecular flexibility index (Phi) is 1.94. The van der Waals surface area contributed by atoms with Crippen LogP contribution >= 0.6 is 0 Å². The Balaban J connectivity index is 2.36. The Morgan fingerprint density at radius 2 is 2.14 bits per heavy atom. The van der Waals surface area contributed by atoms with E-state index in [1.54, 1.807) is 0 Å². The fraction of sp³-hybridized carbons (Fsp3) is 0.231. The maximum absolute atomic E-state index is 5.57. The Labute approximate surface area is 84.4 Å². The van der Waals surface area contributed by atoms with Crippen LogP contribution in [0.15, 0.2) is 42.5 Å². The van der Waals surface area contributed by atoms with Crippen molar-refractivity contribution in [2.24, 2.45) is 0 Å². The molecule has 0 spiro atoms. The molecule has 1 aliphatic rings. The van der Waals surface area contributed by atoms with E-state index in [0.717, 1.165) is 11.1 Å². The molecule has 0 radical (unpaired) electrons. The summed E-state index contributed by atoms with van der Waals surface area (Å²) in [5.74, 6) is 2.72. The number of hydrogen-bond acceptors (Lipinski definition) is 1. The molecule has 0 bridgehead atoms. The van der Waals surface area contributed by atoms with Crippen LogP contribution in [0.1, 0.15) is 12.5 Å². The first-order chi connectivity index (χ1) is 6.70. The van der Waals surface area contributed by atoms with Crippen LogP contribution in [0.5, 0.6) is 0 Å². The predicted molar refractivity (Wildman–Crippen MR) is 56.6 cm³/mol. The molecule has 0 aliphatic carbocycles. The van der Waals surface area contributed by atoms with Gasteiger partial charge in [0.15, 0.2) is 5.60 Å². The average Bonchev–Trinajstić information content (AvgIpc) is 2.95. The first kappa shape index (κ1) is 9.05. The van der Waals surface area contributed by atoms with E-state index in [2.05, 4.69) is 12.5 Å². The van der Waals surface area contributed by atoms with Gasteiger partial charge in [-0.1, -0.05) is 42.8 Å². The zero-order valence-electron chi connectivity index (χ0n) is 8.16. The van der Waals surface area contributed by atoms with Gasteiger partial charge in [-0.05, 0) is 18.1 Å². The summed E-state index contributed by atoms with van der Waals surface area (Å²) in [5.41, 5.74) is 1.47. The molecule has 70 valence electrons. The molecule has 1 heterocycles. The van der Waals surface area contributed by atoms with Gasteiger partial charge in [0.2, 0.25) is 0 Å². The fourth-order valence-corrected chi connectivity index (χ4v) is 1.70. The molecule has 1 heteroatoms. The van der Waals surface area contributed by atoms with Gasteiger partial charge in [0.1, 0.15) is 6.10 Å². The molecule has 2 atom stereocenters. The summed E-state index contributed by atoms with van der Waals surface area (Å²) in [7, 11) is 0. The molecule has 1 aliphatic heterocycles. The van der Waals surface area contributed by atoms with Crippen molar-refractivity contribution in [1.82, 2.24) is 0 Å². The lowest BCUT2D eigenvalue weighted by Gasteiger charge is -2.04. The molecule has 1 fully saturated rings. The minimum Gasteiger partial charge on any atom is -0.343 e. The largest absolute Gasteiger partial charge is 0.343 e. The molecule has 1 saturated heterocycles. The standard InChI is InChI=1S/C13H12O/c1-4-13(12(14-13)10(2)3)11-8-6-5-7-9-11/h1,5-9,12H,2H2,3H3/t12?,13-/m0/s1. The number of benzene rings is 1. The van der Waals surface area contributed by atoms with E-state index >= 15 is 0 Å². The van der Waals surface area contributed by atoms with Gasteiger partial charge in [-0.25, -0.2) is 0 Å². The van der Waals surface area contributed by atoms with Crippen molar-refractivity contribution < 1.29 is 4.74 Å². The number of hydrogen-bond donors (Lipinski definition) is 0. The molecule has 0 aromatic heterocycles. The Morgan fingerprint density at radius 1 is 1.50 bits per heavy atom. The van der Waals surface area contributed by atoms with E-state index in [-0.39, 0.29) is 6.10 Å². The first-order valence-electron chi connectivity index (χ1n) is 4.57. The third kappa shape index (κ3) is 1.16. The number of epoxide rings is 1. The normalized spacial score (nSPS) is 29.3. The van der Waals surface area contributed by atoms with Gasteiger partial charge >= 0.3 is 0 Å². The topological polar surface area (TPSA) is 12.5 Å². The molecule has 0 amide bonds. The van der Waals surface area contributed by atoms with Crippen molar-refractivity contribution in [1.29, 1.82) is 0 Å². The lowest BCUT2D eigenvalue weighted by atomic mass is 9.93. The van der Waals surface area contributed by atoms with Crippen molar-refractivity contribution in [3.05, 3.63) is 48.0 Å². The molecule has 0 N–H and O–H groups in total. The summed E-state index contributed by atoms with van der Waals surface area (Å²) in [4.78, 5) is 0. The lowest BCUT2D eigenvalue weighted by Crippen LogP contribution is -2.10. The van der Waals surface area contributed by atoms with Crippen LogP contribution in [0, 0.1) is 12.3 Å². The fourth-order valence-electron chi connectivity index (χ4n) is 1.70. The Bertz CT molecular complexity index is 399. The van der Waals surface area contributed by atoms with Gasteiger partial charge < -0.3 is 4.74 Å². The highest BCUT2D eigenvalue weighted by atomic mass is 16.6. The van der Waals surface area contributed by atoms with Gasteiger partial charge in [-0.3, -0.25) is 0 Å². The molecule has 0 saturated carbocycles. The second-order valence-electron chi connectivity index (χ2n) is 3.59. The summed E-state index contributed by atoms with van der Waals surface area (Å²) in [6.45, 7) is 5.80. The Morgan fingerprint density at radius 3 is 2.57 bits per heavy atom. The summed E-state index contributed by atoms with van der Waals surface area (Å²) < 4.78 is 5.57. The van der Waals surface area contributed by atoms with Gasteiger partial charge in [-0.2, -0.15) is 0 Å². The van der Waals surface area contributed by atoms with E-state index in [1.165, 1.54) is 0 Å². The highest BCUT2D eigenvalue weighted by Crippen LogP contribution is 2.48. The highest BCUT2D eigenvalue weighted by molar-refractivity contribution is 5.42. The monoisotopic (exact) mass is 184 g/mol. The van der Waals surface area contributed by atoms with E-state index in [1.807, 2.05) is 37.3 Å². The van der Waals surface area contributed by atoms with E-state index in [4.69, 9.17) is 11.2 Å². The van der Waals surface area contributed by atoms with Crippen LogP contribution < -0.4 is 0 Å². The molecule has 1 nitrogen and oxygen atoms in total. The molecule has 1 aromatic carbocycles. The smallest absolute Gasteiger partial charge is 0.184 e. The van der Waals surface area contributed by atoms with Crippen molar-refractivity contribution in [2.75, 3.05) is 0 Å². The predicted octanol–water partition coefficient (Wildman–Crippen LogP) is 2.49. The number of rotatable bonds is 2. The minimum absolute atomic E-state index is 0.0186. The maximum atomic E-state index is 5.57. The maximum Gasteiger partial charge on any atom is 0.184 e. The van der Waals surface area contributed by atoms with Crippen LogP contribution in [0.4, 0.5) is 0 Å². The summed E-state index contributed by atoms with van der Waals surface area (Å²) in [6, 6.07) is 9.87. The van der Waals surface area contributed by atoms with Crippen LogP contribution in [0.25, 0.3) is 0 Å². The van der Waals surface area contributed by atoms with Crippen LogP contribution in [0.2, 0.25) is 0 Å². The first-order valence-corrected chi connectivity index (χ1v) is 4.57. The van der Waals surface area contributed by atoms with Crippen LogP contribution in [-0.2, 0) is 10.3 Å². The molecule has 2 rings (SSSR count). The quantitative estimate of drug-likeness (QED) is 0.391. The van der Waals surface area contributed by atoms with E-state index < -0.39 is 5.60 Å². The summed E-state index contributed by atoms with van der Waals surface area (Å²) >= 11 is 0. The van der Waals surface area contributed by atoms with E-state index in [9.17, 15) is 0 Å². The van der Waals surface area contributed by atoms with Crippen molar-refractivity contribution >= 4 is 0 Å². The average molecular weight is 184 g/mol. The third-order valence-corrected chi connectivity index (χ3v) is 2.48. The van der Waals surface area contributed by atoms with Crippen LogP contribution in [0.3, 0.4) is 0 Å². The van der Waals surface area contributed by atoms with E-state index in [0.29, 0.717) is 0 Å². The van der Waals surface area contributed by atoms with Gasteiger partial charge in [0, 0.05) is 0 Å². The van der Waals surface area contributed by atoms with Crippen molar-refractivity contribution in [3.63, 3.8) is 0 Å². The minimum atomic E-state index is -0.549. The zero-order chi connectivity index (χ0) is 10.2. The zero-order valence-corrected chi connectivity index (χ0v) is 8.16. The van der Waals surface area contributed by atoms with Gasteiger partial charge in [0.25, 0.3) is 0 Å². The molecular formula is C13H12O.